The standard InChI is InChI=1S/C15H17Cl2NO/c16-10-1-4-14(17)13(8-10)15(19)7-9-5-11-2-3-12(6-9)18-11/h1,4,8-9,11-12,18H,2-3,5-7H2. The maximum Gasteiger partial charge on any atom is 0.164 e. The first-order chi connectivity index (χ1) is 9.11. The number of carbonyl (C=O) groups excluding carboxylic acids is 1. The summed E-state index contributed by atoms with van der Waals surface area (Å²) in [6.45, 7) is 0. The molecular formula is C15H17Cl2NO. The summed E-state index contributed by atoms with van der Waals surface area (Å²) < 4.78 is 0. The number of halogens is 2. The molecule has 1 aromatic carbocycles. The van der Waals surface area contributed by atoms with E-state index in [4.69, 9.17) is 23.2 Å². The Morgan fingerprint density at radius 2 is 1.89 bits per heavy atom. The quantitative estimate of drug-likeness (QED) is 0.851. The van der Waals surface area contributed by atoms with Gasteiger partial charge in [0.15, 0.2) is 5.78 Å². The van der Waals surface area contributed by atoms with Gasteiger partial charge < -0.3 is 5.32 Å². The molecule has 2 heterocycles. The number of carbonyl (C=O) groups is 1. The lowest BCUT2D eigenvalue weighted by Crippen LogP contribution is -2.38. The molecule has 102 valence electrons. The molecular weight excluding hydrogens is 281 g/mol. The molecule has 2 atom stereocenters. The van der Waals surface area contributed by atoms with E-state index in [9.17, 15) is 4.79 Å². The predicted octanol–water partition coefficient (Wildman–Crippen LogP) is 4.10. The number of nitrogens with one attached hydrogen (secondary N) is 1. The van der Waals surface area contributed by atoms with Crippen molar-refractivity contribution in [1.82, 2.24) is 5.32 Å². The van der Waals surface area contributed by atoms with Crippen LogP contribution in [0.3, 0.4) is 0 Å². The van der Waals surface area contributed by atoms with E-state index in [1.807, 2.05) is 0 Å². The van der Waals surface area contributed by atoms with Gasteiger partial charge in [-0.2, -0.15) is 0 Å². The van der Waals surface area contributed by atoms with Crippen molar-refractivity contribution in [3.8, 4) is 0 Å². The zero-order chi connectivity index (χ0) is 13.4. The van der Waals surface area contributed by atoms with Gasteiger partial charge in [-0.05, 0) is 49.8 Å². The third kappa shape index (κ3) is 2.96. The van der Waals surface area contributed by atoms with Gasteiger partial charge in [0.25, 0.3) is 0 Å². The first kappa shape index (κ1) is 13.4. The van der Waals surface area contributed by atoms with Crippen LogP contribution in [0.2, 0.25) is 10.0 Å². The molecule has 2 aliphatic rings. The smallest absolute Gasteiger partial charge is 0.164 e. The van der Waals surface area contributed by atoms with Crippen molar-refractivity contribution in [1.29, 1.82) is 0 Å². The fourth-order valence-corrected chi connectivity index (χ4v) is 3.82. The van der Waals surface area contributed by atoms with Crippen LogP contribution in [0.5, 0.6) is 0 Å². The molecule has 2 bridgehead atoms. The van der Waals surface area contributed by atoms with Crippen LogP contribution in [0, 0.1) is 5.92 Å². The molecule has 0 spiro atoms. The lowest BCUT2D eigenvalue weighted by Gasteiger charge is -2.28. The molecule has 0 amide bonds. The van der Waals surface area contributed by atoms with Gasteiger partial charge in [-0.15, -0.1) is 0 Å². The molecule has 2 unspecified atom stereocenters. The van der Waals surface area contributed by atoms with E-state index in [1.54, 1.807) is 18.2 Å². The SMILES string of the molecule is O=C(CC1CC2CCC(C1)N2)c1cc(Cl)ccc1Cl. The molecule has 2 nitrogen and oxygen atoms in total. The normalized spacial score (nSPS) is 29.5. The van der Waals surface area contributed by atoms with E-state index in [0.29, 0.717) is 40.0 Å². The Balaban J connectivity index is 1.69. The molecule has 0 aliphatic carbocycles. The van der Waals surface area contributed by atoms with Crippen molar-refractivity contribution >= 4 is 29.0 Å². The van der Waals surface area contributed by atoms with Gasteiger partial charge >= 0.3 is 0 Å². The second-order valence-electron chi connectivity index (χ2n) is 5.73. The van der Waals surface area contributed by atoms with Crippen molar-refractivity contribution in [2.75, 3.05) is 0 Å². The average Bonchev–Trinajstić information content (AvgIpc) is 2.71. The molecule has 4 heteroatoms. The van der Waals surface area contributed by atoms with Crippen molar-refractivity contribution in [3.63, 3.8) is 0 Å². The van der Waals surface area contributed by atoms with Crippen LogP contribution in [0.1, 0.15) is 42.5 Å². The topological polar surface area (TPSA) is 29.1 Å². The van der Waals surface area contributed by atoms with Crippen LogP contribution in [0.15, 0.2) is 18.2 Å². The molecule has 0 radical (unpaired) electrons. The van der Waals surface area contributed by atoms with Gasteiger partial charge in [-0.25, -0.2) is 0 Å². The summed E-state index contributed by atoms with van der Waals surface area (Å²) in [4.78, 5) is 12.4. The highest BCUT2D eigenvalue weighted by atomic mass is 35.5. The largest absolute Gasteiger partial charge is 0.311 e. The molecule has 1 N–H and O–H groups in total. The maximum atomic E-state index is 12.4. The molecule has 2 aliphatic heterocycles. The Labute approximate surface area is 123 Å². The van der Waals surface area contributed by atoms with Crippen LogP contribution in [-0.4, -0.2) is 17.9 Å². The monoisotopic (exact) mass is 297 g/mol. The molecule has 2 fully saturated rings. The van der Waals surface area contributed by atoms with E-state index in [0.717, 1.165) is 12.8 Å². The number of benzene rings is 1. The van der Waals surface area contributed by atoms with Gasteiger partial charge in [-0.1, -0.05) is 23.2 Å². The van der Waals surface area contributed by atoms with Crippen molar-refractivity contribution in [3.05, 3.63) is 33.8 Å². The van der Waals surface area contributed by atoms with Crippen LogP contribution < -0.4 is 5.32 Å². The number of rotatable bonds is 3. The minimum atomic E-state index is 0.124. The number of ketones is 1. The second-order valence-corrected chi connectivity index (χ2v) is 6.57. The Morgan fingerprint density at radius 1 is 1.21 bits per heavy atom. The summed E-state index contributed by atoms with van der Waals surface area (Å²) >= 11 is 12.0. The number of hydrogen-bond acceptors (Lipinski definition) is 2. The van der Waals surface area contributed by atoms with E-state index in [1.165, 1.54) is 12.8 Å². The van der Waals surface area contributed by atoms with Crippen molar-refractivity contribution in [2.45, 2.75) is 44.2 Å². The lowest BCUT2D eigenvalue weighted by molar-refractivity contribution is 0.0945. The van der Waals surface area contributed by atoms with Gasteiger partial charge in [0.05, 0.1) is 5.02 Å². The number of fused-ring (bicyclic) bond motifs is 2. The summed E-state index contributed by atoms with van der Waals surface area (Å²) in [7, 11) is 0. The first-order valence-corrected chi connectivity index (χ1v) is 7.61. The van der Waals surface area contributed by atoms with Gasteiger partial charge in [0.1, 0.15) is 0 Å². The van der Waals surface area contributed by atoms with Crippen LogP contribution in [0.25, 0.3) is 0 Å². The number of hydrogen-bond donors (Lipinski definition) is 1. The summed E-state index contributed by atoms with van der Waals surface area (Å²) in [5, 5.41) is 4.67. The second kappa shape index (κ2) is 5.43. The predicted molar refractivity (Wildman–Crippen MR) is 78.1 cm³/mol. The minimum Gasteiger partial charge on any atom is -0.311 e. The molecule has 0 aromatic heterocycles. The van der Waals surface area contributed by atoms with E-state index < -0.39 is 0 Å². The van der Waals surface area contributed by atoms with Gasteiger partial charge in [-0.3, -0.25) is 4.79 Å². The zero-order valence-corrected chi connectivity index (χ0v) is 12.2. The van der Waals surface area contributed by atoms with Crippen molar-refractivity contribution < 1.29 is 4.79 Å². The fourth-order valence-electron chi connectivity index (χ4n) is 3.43. The Morgan fingerprint density at radius 3 is 2.58 bits per heavy atom. The zero-order valence-electron chi connectivity index (χ0n) is 10.7. The third-order valence-electron chi connectivity index (χ3n) is 4.27. The molecule has 1 aromatic rings. The van der Waals surface area contributed by atoms with Crippen molar-refractivity contribution in [2.24, 2.45) is 5.92 Å². The van der Waals surface area contributed by atoms with Gasteiger partial charge in [0, 0.05) is 29.1 Å². The van der Waals surface area contributed by atoms with E-state index in [-0.39, 0.29) is 5.78 Å². The fraction of sp³-hybridized carbons (Fsp3) is 0.533. The maximum absolute atomic E-state index is 12.4. The minimum absolute atomic E-state index is 0.124. The summed E-state index contributed by atoms with van der Waals surface area (Å²) in [6, 6.07) is 6.33. The summed E-state index contributed by atoms with van der Waals surface area (Å²) in [5.74, 6) is 0.611. The highest BCUT2D eigenvalue weighted by Gasteiger charge is 2.34. The van der Waals surface area contributed by atoms with Crippen LogP contribution in [-0.2, 0) is 0 Å². The number of Topliss-reactive ketones (excluding diaryl/α,β-unsaturated/α-hetero) is 1. The van der Waals surface area contributed by atoms with E-state index >= 15 is 0 Å². The highest BCUT2D eigenvalue weighted by Crippen LogP contribution is 2.34. The Bertz CT molecular complexity index is 491. The Hall–Kier alpha value is -0.570. The molecule has 3 rings (SSSR count). The van der Waals surface area contributed by atoms with Crippen LogP contribution in [0.4, 0.5) is 0 Å². The molecule has 19 heavy (non-hydrogen) atoms. The third-order valence-corrected chi connectivity index (χ3v) is 4.84. The van der Waals surface area contributed by atoms with Crippen LogP contribution >= 0.6 is 23.2 Å². The molecule has 2 saturated heterocycles. The summed E-state index contributed by atoms with van der Waals surface area (Å²) in [5.41, 5.74) is 0.569. The van der Waals surface area contributed by atoms with E-state index in [2.05, 4.69) is 5.32 Å². The summed E-state index contributed by atoms with van der Waals surface area (Å²) in [6.07, 6.45) is 5.33. The highest BCUT2D eigenvalue weighted by molar-refractivity contribution is 6.35. The average molecular weight is 298 g/mol. The van der Waals surface area contributed by atoms with Gasteiger partial charge in [0.2, 0.25) is 0 Å². The lowest BCUT2D eigenvalue weighted by atomic mass is 9.87. The number of piperidine rings is 1. The Kier molecular flexibility index (Phi) is 3.84. The molecule has 0 saturated carbocycles. The first-order valence-electron chi connectivity index (χ1n) is 6.86.